The van der Waals surface area contributed by atoms with Gasteiger partial charge >= 0.3 is 0 Å². The quantitative estimate of drug-likeness (QED) is 0.483. The molecule has 1 heterocycles. The Morgan fingerprint density at radius 1 is 1.15 bits per heavy atom. The molecule has 2 amide bonds. The number of nitrogens with zero attached hydrogens (tertiary/aromatic N) is 1. The number of hydrogen-bond donors (Lipinski definition) is 3. The van der Waals surface area contributed by atoms with Gasteiger partial charge in [0, 0.05) is 34.8 Å². The number of benzene rings is 2. The van der Waals surface area contributed by atoms with Crippen LogP contribution in [-0.2, 0) is 4.79 Å². The van der Waals surface area contributed by atoms with Crippen molar-refractivity contribution < 1.29 is 14.5 Å². The van der Waals surface area contributed by atoms with Crippen molar-refractivity contribution in [3.05, 3.63) is 70.4 Å². The lowest BCUT2D eigenvalue weighted by molar-refractivity contribution is -0.384. The van der Waals surface area contributed by atoms with Gasteiger partial charge in [0.15, 0.2) is 0 Å². The van der Waals surface area contributed by atoms with Gasteiger partial charge in [-0.2, -0.15) is 0 Å². The van der Waals surface area contributed by atoms with Crippen molar-refractivity contribution in [2.75, 3.05) is 5.32 Å². The predicted molar refractivity (Wildman–Crippen MR) is 97.0 cm³/mol. The maximum atomic E-state index is 12.4. The van der Waals surface area contributed by atoms with E-state index in [1.165, 1.54) is 24.3 Å². The molecule has 0 spiro atoms. The molecular weight excluding hydrogens is 336 g/mol. The number of nitro groups is 1. The molecule has 0 aliphatic rings. The van der Waals surface area contributed by atoms with E-state index < -0.39 is 22.8 Å². The Hall–Kier alpha value is -3.68. The van der Waals surface area contributed by atoms with E-state index in [9.17, 15) is 19.7 Å². The molecule has 2 aromatic carbocycles. The van der Waals surface area contributed by atoms with Crippen LogP contribution in [0.25, 0.3) is 10.9 Å². The molecule has 0 saturated heterocycles. The highest BCUT2D eigenvalue weighted by atomic mass is 16.6. The highest BCUT2D eigenvalue weighted by Gasteiger charge is 2.19. The summed E-state index contributed by atoms with van der Waals surface area (Å²) in [5, 5.41) is 17.0. The molecule has 0 aliphatic carbocycles. The van der Waals surface area contributed by atoms with E-state index in [1.54, 1.807) is 25.3 Å². The Labute approximate surface area is 148 Å². The number of nitro benzene ring substituents is 1. The number of anilines is 1. The zero-order valence-corrected chi connectivity index (χ0v) is 13.9. The Morgan fingerprint density at radius 2 is 1.92 bits per heavy atom. The fourth-order valence-electron chi connectivity index (χ4n) is 2.54. The molecule has 3 rings (SSSR count). The molecule has 0 saturated carbocycles. The normalized spacial score (nSPS) is 11.7. The Kier molecular flexibility index (Phi) is 4.66. The van der Waals surface area contributed by atoms with Gasteiger partial charge in [-0.1, -0.05) is 12.1 Å². The summed E-state index contributed by atoms with van der Waals surface area (Å²) in [5.74, 6) is -0.950. The van der Waals surface area contributed by atoms with Crippen LogP contribution in [0.1, 0.15) is 17.3 Å². The minimum absolute atomic E-state index is 0.117. The largest absolute Gasteiger partial charge is 0.361 e. The summed E-state index contributed by atoms with van der Waals surface area (Å²) < 4.78 is 0. The van der Waals surface area contributed by atoms with Gasteiger partial charge in [0.25, 0.3) is 11.6 Å². The van der Waals surface area contributed by atoms with E-state index in [2.05, 4.69) is 15.6 Å². The molecule has 3 aromatic rings. The van der Waals surface area contributed by atoms with Crippen molar-refractivity contribution in [3.63, 3.8) is 0 Å². The molecule has 0 radical (unpaired) electrons. The van der Waals surface area contributed by atoms with Crippen LogP contribution < -0.4 is 10.6 Å². The van der Waals surface area contributed by atoms with Crippen LogP contribution in [0.15, 0.2) is 54.7 Å². The number of non-ortho nitro benzene ring substituents is 1. The van der Waals surface area contributed by atoms with Crippen molar-refractivity contribution in [2.24, 2.45) is 0 Å². The highest BCUT2D eigenvalue weighted by molar-refractivity contribution is 6.05. The van der Waals surface area contributed by atoms with Crippen molar-refractivity contribution in [3.8, 4) is 0 Å². The molecule has 1 unspecified atom stereocenters. The second-order valence-corrected chi connectivity index (χ2v) is 5.74. The molecule has 3 N–H and O–H groups in total. The zero-order valence-electron chi connectivity index (χ0n) is 13.9. The lowest BCUT2D eigenvalue weighted by Crippen LogP contribution is -2.41. The van der Waals surface area contributed by atoms with E-state index in [4.69, 9.17) is 0 Å². The first-order chi connectivity index (χ1) is 12.5. The molecule has 1 aromatic heterocycles. The van der Waals surface area contributed by atoms with Gasteiger partial charge in [0.05, 0.1) is 10.6 Å². The van der Waals surface area contributed by atoms with Crippen molar-refractivity contribution in [2.45, 2.75) is 13.0 Å². The monoisotopic (exact) mass is 352 g/mol. The molecule has 132 valence electrons. The van der Waals surface area contributed by atoms with Crippen LogP contribution in [0.5, 0.6) is 0 Å². The van der Waals surface area contributed by atoms with Gasteiger partial charge in [-0.3, -0.25) is 19.7 Å². The van der Waals surface area contributed by atoms with Crippen LogP contribution in [0.2, 0.25) is 0 Å². The maximum absolute atomic E-state index is 12.4. The number of hydrogen-bond acceptors (Lipinski definition) is 4. The van der Waals surface area contributed by atoms with Crippen LogP contribution in [-0.4, -0.2) is 27.8 Å². The molecule has 8 heteroatoms. The number of fused-ring (bicyclic) bond motifs is 1. The Balaban J connectivity index is 1.69. The van der Waals surface area contributed by atoms with Crippen molar-refractivity contribution in [1.29, 1.82) is 0 Å². The summed E-state index contributed by atoms with van der Waals surface area (Å²) in [5.41, 5.74) is 1.45. The first kappa shape index (κ1) is 17.2. The summed E-state index contributed by atoms with van der Waals surface area (Å²) in [6, 6.07) is 11.8. The van der Waals surface area contributed by atoms with Crippen molar-refractivity contribution >= 4 is 34.1 Å². The molecule has 26 heavy (non-hydrogen) atoms. The van der Waals surface area contributed by atoms with Gasteiger partial charge in [-0.25, -0.2) is 0 Å². The number of carbonyl (C=O) groups is 2. The maximum Gasteiger partial charge on any atom is 0.270 e. The number of rotatable bonds is 5. The summed E-state index contributed by atoms with van der Waals surface area (Å²) in [4.78, 5) is 37.9. The predicted octanol–water partition coefficient (Wildman–Crippen LogP) is 2.83. The Bertz CT molecular complexity index is 996. The average Bonchev–Trinajstić information content (AvgIpc) is 3.11. The molecular formula is C18H16N4O4. The molecule has 0 bridgehead atoms. The molecule has 1 atom stereocenters. The molecule has 0 aliphatic heterocycles. The van der Waals surface area contributed by atoms with Crippen LogP contribution in [0.3, 0.4) is 0 Å². The lowest BCUT2D eigenvalue weighted by Gasteiger charge is -2.14. The third-order valence-electron chi connectivity index (χ3n) is 3.91. The van der Waals surface area contributed by atoms with Gasteiger partial charge in [0.1, 0.15) is 6.04 Å². The third-order valence-corrected chi connectivity index (χ3v) is 3.91. The minimum Gasteiger partial charge on any atom is -0.361 e. The SMILES string of the molecule is CC(NC(=O)c1cccc([N+](=O)[O-])c1)C(=O)Nc1cccc2[nH]ccc12. The van der Waals surface area contributed by atoms with Crippen LogP contribution in [0, 0.1) is 10.1 Å². The van der Waals surface area contributed by atoms with Gasteiger partial charge < -0.3 is 15.6 Å². The summed E-state index contributed by atoms with van der Waals surface area (Å²) >= 11 is 0. The molecule has 0 fully saturated rings. The standard InChI is InChI=1S/C18H16N4O4/c1-11(20-18(24)12-4-2-5-13(10-12)22(25)26)17(23)21-16-7-3-6-15-14(16)8-9-19-15/h2-11,19H,1H3,(H,20,24)(H,21,23). The van der Waals surface area contributed by atoms with E-state index in [0.717, 1.165) is 10.9 Å². The first-order valence-corrected chi connectivity index (χ1v) is 7.88. The number of aromatic nitrogens is 1. The second kappa shape index (κ2) is 7.06. The second-order valence-electron chi connectivity index (χ2n) is 5.74. The average molecular weight is 352 g/mol. The zero-order chi connectivity index (χ0) is 18.7. The lowest BCUT2D eigenvalue weighted by atomic mass is 10.1. The fourth-order valence-corrected chi connectivity index (χ4v) is 2.54. The molecule has 8 nitrogen and oxygen atoms in total. The fraction of sp³-hybridized carbons (Fsp3) is 0.111. The van der Waals surface area contributed by atoms with Gasteiger partial charge in [-0.05, 0) is 31.2 Å². The number of amides is 2. The van der Waals surface area contributed by atoms with Gasteiger partial charge in [0.2, 0.25) is 5.91 Å². The summed E-state index contributed by atoms with van der Waals surface area (Å²) in [7, 11) is 0. The summed E-state index contributed by atoms with van der Waals surface area (Å²) in [6.07, 6.45) is 1.77. The number of carbonyl (C=O) groups excluding carboxylic acids is 2. The minimum atomic E-state index is -0.823. The van der Waals surface area contributed by atoms with E-state index >= 15 is 0 Å². The van der Waals surface area contributed by atoms with Crippen LogP contribution in [0.4, 0.5) is 11.4 Å². The number of nitrogens with one attached hydrogen (secondary N) is 3. The van der Waals surface area contributed by atoms with Gasteiger partial charge in [-0.15, -0.1) is 0 Å². The first-order valence-electron chi connectivity index (χ1n) is 7.88. The topological polar surface area (TPSA) is 117 Å². The van der Waals surface area contributed by atoms with E-state index in [0.29, 0.717) is 5.69 Å². The van der Waals surface area contributed by atoms with Crippen molar-refractivity contribution in [1.82, 2.24) is 10.3 Å². The van der Waals surface area contributed by atoms with E-state index in [1.807, 2.05) is 12.1 Å². The third kappa shape index (κ3) is 3.54. The Morgan fingerprint density at radius 3 is 2.69 bits per heavy atom. The highest BCUT2D eigenvalue weighted by Crippen LogP contribution is 2.22. The number of aromatic amines is 1. The van der Waals surface area contributed by atoms with E-state index in [-0.39, 0.29) is 11.3 Å². The smallest absolute Gasteiger partial charge is 0.270 e. The number of H-pyrrole nitrogens is 1. The van der Waals surface area contributed by atoms with Crippen LogP contribution >= 0.6 is 0 Å². The summed E-state index contributed by atoms with van der Waals surface area (Å²) in [6.45, 7) is 1.54.